The molecule has 2 aromatic heterocycles. The number of rotatable bonds is 4. The second kappa shape index (κ2) is 7.90. The Hall–Kier alpha value is -3.03. The Morgan fingerprint density at radius 1 is 1.39 bits per heavy atom. The SMILES string of the molecule is C[C@@]1(c2cccc(CC(=O)c3ncc(C#N)cc3Cl)n2)CO[C@@](C)(C(F)(F)F)C(N)=N1. The first-order valence-electron chi connectivity index (χ1n) is 9.01. The maximum atomic E-state index is 13.3. The highest BCUT2D eigenvalue weighted by Crippen LogP contribution is 2.40. The summed E-state index contributed by atoms with van der Waals surface area (Å²) in [6.07, 6.45) is -3.65. The fraction of sp³-hybridized carbons (Fsp3) is 0.350. The highest BCUT2D eigenvalue weighted by atomic mass is 35.5. The zero-order chi connectivity index (χ0) is 23.0. The third-order valence-electron chi connectivity index (χ3n) is 4.97. The molecule has 0 amide bonds. The lowest BCUT2D eigenvalue weighted by Gasteiger charge is -2.40. The molecule has 2 atom stereocenters. The van der Waals surface area contributed by atoms with Crippen molar-refractivity contribution in [3.63, 3.8) is 0 Å². The highest BCUT2D eigenvalue weighted by Gasteiger charge is 2.59. The van der Waals surface area contributed by atoms with E-state index in [0.717, 1.165) is 6.92 Å². The van der Waals surface area contributed by atoms with Crippen molar-refractivity contribution < 1.29 is 22.7 Å². The summed E-state index contributed by atoms with van der Waals surface area (Å²) in [5.74, 6) is -1.14. The Balaban J connectivity index is 1.87. The molecule has 3 rings (SSSR count). The van der Waals surface area contributed by atoms with Crippen LogP contribution in [0.2, 0.25) is 5.02 Å². The molecule has 1 aliphatic rings. The van der Waals surface area contributed by atoms with Crippen molar-refractivity contribution in [3.05, 3.63) is 58.1 Å². The topological polar surface area (TPSA) is 114 Å². The normalized spacial score (nSPS) is 23.7. The summed E-state index contributed by atoms with van der Waals surface area (Å²) in [6, 6.07) is 7.96. The number of nitrogens with zero attached hydrogens (tertiary/aromatic N) is 4. The minimum absolute atomic E-state index is 0.0108. The second-order valence-electron chi connectivity index (χ2n) is 7.37. The molecule has 7 nitrogen and oxygen atoms in total. The van der Waals surface area contributed by atoms with Gasteiger partial charge < -0.3 is 10.5 Å². The number of Topliss-reactive ketones (excluding diaryl/α,β-unsaturated/α-hetero) is 1. The summed E-state index contributed by atoms with van der Waals surface area (Å²) < 4.78 is 45.0. The third-order valence-corrected chi connectivity index (χ3v) is 5.26. The van der Waals surface area contributed by atoms with Crippen molar-refractivity contribution >= 4 is 23.2 Å². The number of hydrogen-bond acceptors (Lipinski definition) is 7. The van der Waals surface area contributed by atoms with Gasteiger partial charge in [0, 0.05) is 11.9 Å². The third kappa shape index (κ3) is 4.24. The number of pyridine rings is 2. The summed E-state index contributed by atoms with van der Waals surface area (Å²) in [7, 11) is 0. The number of ether oxygens (including phenoxy) is 1. The van der Waals surface area contributed by atoms with Gasteiger partial charge in [0.15, 0.2) is 5.78 Å². The molecule has 162 valence electrons. The number of aliphatic imine (C=N–C) groups is 1. The van der Waals surface area contributed by atoms with Crippen LogP contribution in [0, 0.1) is 11.3 Å². The monoisotopic (exact) mass is 451 g/mol. The van der Waals surface area contributed by atoms with E-state index in [1.54, 1.807) is 25.1 Å². The van der Waals surface area contributed by atoms with E-state index in [9.17, 15) is 18.0 Å². The van der Waals surface area contributed by atoms with Crippen LogP contribution in [-0.4, -0.2) is 40.0 Å². The van der Waals surface area contributed by atoms with Crippen LogP contribution >= 0.6 is 11.6 Å². The number of carbonyl (C=O) groups is 1. The van der Waals surface area contributed by atoms with E-state index in [1.165, 1.54) is 12.3 Å². The van der Waals surface area contributed by atoms with Crippen LogP contribution in [0.3, 0.4) is 0 Å². The molecule has 0 fully saturated rings. The number of hydrogen-bond donors (Lipinski definition) is 1. The number of halogens is 4. The van der Waals surface area contributed by atoms with Crippen molar-refractivity contribution in [2.75, 3.05) is 6.61 Å². The average Bonchev–Trinajstić information content (AvgIpc) is 2.70. The molecule has 0 saturated carbocycles. The van der Waals surface area contributed by atoms with Gasteiger partial charge in [0.25, 0.3) is 0 Å². The van der Waals surface area contributed by atoms with Crippen LogP contribution in [0.4, 0.5) is 13.2 Å². The molecule has 0 unspecified atom stereocenters. The summed E-state index contributed by atoms with van der Waals surface area (Å²) in [4.78, 5) is 24.9. The second-order valence-corrected chi connectivity index (χ2v) is 7.78. The van der Waals surface area contributed by atoms with Crippen LogP contribution in [-0.2, 0) is 16.7 Å². The molecule has 3 heterocycles. The summed E-state index contributed by atoms with van der Waals surface area (Å²) >= 11 is 6.03. The fourth-order valence-electron chi connectivity index (χ4n) is 2.95. The van der Waals surface area contributed by atoms with Gasteiger partial charge in [-0.05, 0) is 32.0 Å². The number of carbonyl (C=O) groups excluding carboxylic acids is 1. The van der Waals surface area contributed by atoms with Crippen LogP contribution < -0.4 is 5.73 Å². The fourth-order valence-corrected chi connectivity index (χ4v) is 3.22. The number of nitrogens with two attached hydrogens (primary N) is 1. The lowest BCUT2D eigenvalue weighted by atomic mass is 9.93. The largest absolute Gasteiger partial charge is 0.424 e. The number of aromatic nitrogens is 2. The molecule has 0 aromatic carbocycles. The Labute approximate surface area is 180 Å². The molecule has 1 aliphatic heterocycles. The quantitative estimate of drug-likeness (QED) is 0.713. The van der Waals surface area contributed by atoms with E-state index >= 15 is 0 Å². The Bertz CT molecular complexity index is 1110. The van der Waals surface area contributed by atoms with E-state index < -0.39 is 35.5 Å². The maximum Gasteiger partial charge on any atom is 0.424 e. The Morgan fingerprint density at radius 3 is 2.68 bits per heavy atom. The van der Waals surface area contributed by atoms with Crippen LogP contribution in [0.15, 0.2) is 35.5 Å². The van der Waals surface area contributed by atoms with E-state index in [0.29, 0.717) is 11.4 Å². The molecule has 2 N–H and O–H groups in total. The number of nitriles is 1. The van der Waals surface area contributed by atoms with Gasteiger partial charge in [-0.15, -0.1) is 0 Å². The highest BCUT2D eigenvalue weighted by molar-refractivity contribution is 6.33. The van der Waals surface area contributed by atoms with Gasteiger partial charge in [-0.2, -0.15) is 18.4 Å². The van der Waals surface area contributed by atoms with Crippen molar-refractivity contribution in [1.82, 2.24) is 9.97 Å². The smallest absolute Gasteiger partial charge is 0.385 e. The maximum absolute atomic E-state index is 13.3. The van der Waals surface area contributed by atoms with Gasteiger partial charge >= 0.3 is 6.18 Å². The average molecular weight is 452 g/mol. The summed E-state index contributed by atoms with van der Waals surface area (Å²) in [6.45, 7) is 1.96. The predicted molar refractivity (Wildman–Crippen MR) is 106 cm³/mol. The standard InChI is InChI=1S/C20H17ClF3N5O2/c1-18(10-31-19(2,17(26)29-18)20(22,23)24)15-5-3-4-12(28-15)7-14(30)16-13(21)6-11(8-25)9-27-16/h3-6,9H,7,10H2,1-2H3,(H2,26,29)/t18-,19+/m0/s1. The number of alkyl halides is 3. The van der Waals surface area contributed by atoms with E-state index in [1.807, 2.05) is 6.07 Å². The molecule has 0 spiro atoms. The first kappa shape index (κ1) is 22.7. The zero-order valence-corrected chi connectivity index (χ0v) is 17.3. The number of ketones is 1. The van der Waals surface area contributed by atoms with Gasteiger partial charge in [0.05, 0.1) is 29.3 Å². The zero-order valence-electron chi connectivity index (χ0n) is 16.5. The van der Waals surface area contributed by atoms with Gasteiger partial charge in [0.2, 0.25) is 5.60 Å². The van der Waals surface area contributed by atoms with E-state index in [4.69, 9.17) is 27.3 Å². The summed E-state index contributed by atoms with van der Waals surface area (Å²) in [5, 5.41) is 8.90. The minimum Gasteiger partial charge on any atom is -0.385 e. The summed E-state index contributed by atoms with van der Waals surface area (Å²) in [5.41, 5.74) is 2.51. The first-order chi connectivity index (χ1) is 14.4. The van der Waals surface area contributed by atoms with Crippen molar-refractivity contribution in [1.29, 1.82) is 5.26 Å². The van der Waals surface area contributed by atoms with Crippen LogP contribution in [0.5, 0.6) is 0 Å². The molecule has 11 heteroatoms. The predicted octanol–water partition coefficient (Wildman–Crippen LogP) is 3.35. The van der Waals surface area contributed by atoms with Crippen molar-refractivity contribution in [3.8, 4) is 6.07 Å². The van der Waals surface area contributed by atoms with Crippen molar-refractivity contribution in [2.24, 2.45) is 10.7 Å². The van der Waals surface area contributed by atoms with Crippen molar-refractivity contribution in [2.45, 2.75) is 37.6 Å². The molecule has 0 radical (unpaired) electrons. The van der Waals surface area contributed by atoms with Gasteiger partial charge in [0.1, 0.15) is 23.1 Å². The van der Waals surface area contributed by atoms with Gasteiger partial charge in [-0.25, -0.2) is 0 Å². The van der Waals surface area contributed by atoms with Crippen LogP contribution in [0.1, 0.15) is 41.3 Å². The first-order valence-corrected chi connectivity index (χ1v) is 9.39. The number of amidine groups is 1. The molecule has 0 bridgehead atoms. The molecular formula is C20H17ClF3N5O2. The molecule has 31 heavy (non-hydrogen) atoms. The van der Waals surface area contributed by atoms with Gasteiger partial charge in [-0.1, -0.05) is 17.7 Å². The minimum atomic E-state index is -4.73. The molecular weight excluding hydrogens is 435 g/mol. The molecule has 2 aromatic rings. The lowest BCUT2D eigenvalue weighted by molar-refractivity contribution is -0.249. The Kier molecular flexibility index (Phi) is 5.78. The Morgan fingerprint density at radius 2 is 2.10 bits per heavy atom. The van der Waals surface area contributed by atoms with Crippen LogP contribution in [0.25, 0.3) is 0 Å². The van der Waals surface area contributed by atoms with E-state index in [-0.39, 0.29) is 22.7 Å². The lowest BCUT2D eigenvalue weighted by Crippen LogP contribution is -2.60. The molecule has 0 aliphatic carbocycles. The molecule has 0 saturated heterocycles. The van der Waals surface area contributed by atoms with E-state index in [2.05, 4.69) is 15.0 Å². The van der Waals surface area contributed by atoms with Gasteiger partial charge in [-0.3, -0.25) is 19.8 Å².